The second kappa shape index (κ2) is 4.18. The lowest BCUT2D eigenvalue weighted by Crippen LogP contribution is -1.84. The molecule has 16 heavy (non-hydrogen) atoms. The summed E-state index contributed by atoms with van der Waals surface area (Å²) in [6.07, 6.45) is -2.33. The van der Waals surface area contributed by atoms with E-state index in [1.54, 1.807) is 24.3 Å². The van der Waals surface area contributed by atoms with Crippen molar-refractivity contribution in [3.63, 3.8) is 0 Å². The van der Waals surface area contributed by atoms with Crippen molar-refractivity contribution in [3.8, 4) is 0 Å². The van der Waals surface area contributed by atoms with Crippen molar-refractivity contribution in [1.29, 1.82) is 0 Å². The fourth-order valence-corrected chi connectivity index (χ4v) is 1.80. The molecule has 0 saturated heterocycles. The van der Waals surface area contributed by atoms with Crippen LogP contribution in [-0.4, -0.2) is 0 Å². The number of rotatable bonds is 1. The Kier molecular flexibility index (Phi) is 2.88. The predicted molar refractivity (Wildman–Crippen MR) is 59.2 cm³/mol. The van der Waals surface area contributed by atoms with Crippen molar-refractivity contribution in [2.75, 3.05) is 0 Å². The topological polar surface area (TPSA) is 0 Å². The third-order valence-electron chi connectivity index (χ3n) is 2.27. The van der Waals surface area contributed by atoms with E-state index in [4.69, 9.17) is 11.6 Å². The molecule has 0 N–H and O–H groups in total. The first-order chi connectivity index (χ1) is 7.61. The summed E-state index contributed by atoms with van der Waals surface area (Å²) in [6, 6.07) is 9.22. The SMILES string of the molecule is FC(F)=C(F)c1cccc2c(Cl)cccc12. The number of hydrogen-bond acceptors (Lipinski definition) is 0. The van der Waals surface area contributed by atoms with Crippen LogP contribution in [0, 0.1) is 0 Å². The van der Waals surface area contributed by atoms with E-state index < -0.39 is 11.9 Å². The number of benzene rings is 2. The Labute approximate surface area is 95.0 Å². The second-order valence-corrected chi connectivity index (χ2v) is 3.62. The summed E-state index contributed by atoms with van der Waals surface area (Å²) in [7, 11) is 0. The number of hydrogen-bond donors (Lipinski definition) is 0. The highest BCUT2D eigenvalue weighted by molar-refractivity contribution is 6.35. The Bertz CT molecular complexity index is 571. The van der Waals surface area contributed by atoms with Gasteiger partial charge in [-0.25, -0.2) is 4.39 Å². The summed E-state index contributed by atoms with van der Waals surface area (Å²) in [6.45, 7) is 0. The molecule has 0 aliphatic rings. The van der Waals surface area contributed by atoms with E-state index in [2.05, 4.69) is 0 Å². The van der Waals surface area contributed by atoms with Crippen LogP contribution < -0.4 is 0 Å². The third-order valence-corrected chi connectivity index (χ3v) is 2.60. The van der Waals surface area contributed by atoms with E-state index in [0.717, 1.165) is 0 Å². The van der Waals surface area contributed by atoms with Crippen LogP contribution in [0.2, 0.25) is 5.02 Å². The largest absolute Gasteiger partial charge is 0.306 e. The van der Waals surface area contributed by atoms with E-state index in [0.29, 0.717) is 15.8 Å². The molecule has 2 rings (SSSR count). The van der Waals surface area contributed by atoms with Gasteiger partial charge in [-0.3, -0.25) is 0 Å². The van der Waals surface area contributed by atoms with Gasteiger partial charge in [-0.05, 0) is 11.5 Å². The van der Waals surface area contributed by atoms with E-state index in [1.807, 2.05) is 0 Å². The van der Waals surface area contributed by atoms with Gasteiger partial charge in [-0.15, -0.1) is 0 Å². The van der Waals surface area contributed by atoms with Crippen molar-refractivity contribution in [1.82, 2.24) is 0 Å². The number of halogens is 4. The van der Waals surface area contributed by atoms with E-state index in [1.165, 1.54) is 12.1 Å². The monoisotopic (exact) mass is 242 g/mol. The molecule has 0 heterocycles. The molecule has 0 radical (unpaired) electrons. The van der Waals surface area contributed by atoms with Gasteiger partial charge >= 0.3 is 6.08 Å². The van der Waals surface area contributed by atoms with Gasteiger partial charge in [0.15, 0.2) is 5.83 Å². The normalized spacial score (nSPS) is 10.5. The first-order valence-electron chi connectivity index (χ1n) is 4.49. The van der Waals surface area contributed by atoms with Crippen LogP contribution >= 0.6 is 11.6 Å². The lowest BCUT2D eigenvalue weighted by atomic mass is 10.0. The fraction of sp³-hybridized carbons (Fsp3) is 0. The molecule has 0 amide bonds. The molecule has 0 aliphatic heterocycles. The van der Waals surface area contributed by atoms with E-state index in [9.17, 15) is 13.2 Å². The summed E-state index contributed by atoms with van der Waals surface area (Å²) in [5, 5.41) is 1.34. The van der Waals surface area contributed by atoms with Crippen molar-refractivity contribution in [2.24, 2.45) is 0 Å². The van der Waals surface area contributed by atoms with Gasteiger partial charge in [-0.2, -0.15) is 8.78 Å². The highest BCUT2D eigenvalue weighted by Crippen LogP contribution is 2.32. The molecule has 0 aliphatic carbocycles. The Morgan fingerprint density at radius 1 is 0.875 bits per heavy atom. The minimum absolute atomic E-state index is 0.139. The fourth-order valence-electron chi connectivity index (χ4n) is 1.56. The highest BCUT2D eigenvalue weighted by Gasteiger charge is 2.12. The van der Waals surface area contributed by atoms with E-state index in [-0.39, 0.29) is 5.56 Å². The maximum Gasteiger partial charge on any atom is 0.306 e. The van der Waals surface area contributed by atoms with E-state index >= 15 is 0 Å². The van der Waals surface area contributed by atoms with Crippen LogP contribution in [0.15, 0.2) is 42.5 Å². The molecule has 0 spiro atoms. The minimum atomic E-state index is -2.33. The average molecular weight is 243 g/mol. The Balaban J connectivity index is 2.83. The van der Waals surface area contributed by atoms with Gasteiger partial charge in [0.2, 0.25) is 0 Å². The van der Waals surface area contributed by atoms with Crippen LogP contribution in [0.3, 0.4) is 0 Å². The molecule has 82 valence electrons. The summed E-state index contributed by atoms with van der Waals surface area (Å²) in [5.74, 6) is -1.51. The van der Waals surface area contributed by atoms with Crippen LogP contribution in [0.4, 0.5) is 13.2 Å². The molecule has 0 nitrogen and oxygen atoms in total. The zero-order valence-corrected chi connectivity index (χ0v) is 8.73. The summed E-state index contributed by atoms with van der Waals surface area (Å²) in [5.41, 5.74) is -0.139. The molecule has 0 aromatic heterocycles. The van der Waals surface area contributed by atoms with Crippen LogP contribution in [0.1, 0.15) is 5.56 Å². The lowest BCUT2D eigenvalue weighted by Gasteiger charge is -2.05. The lowest BCUT2D eigenvalue weighted by molar-refractivity contribution is 0.410. The molecule has 0 bridgehead atoms. The molecule has 0 fully saturated rings. The maximum absolute atomic E-state index is 13.2. The smallest absolute Gasteiger partial charge is 0.200 e. The molecular formula is C12H6ClF3. The highest BCUT2D eigenvalue weighted by atomic mass is 35.5. The standard InChI is InChI=1S/C12H6ClF3/c13-10-6-2-3-7-8(10)4-1-5-9(7)11(14)12(15)16/h1-6H. The molecule has 0 saturated carbocycles. The first-order valence-corrected chi connectivity index (χ1v) is 4.87. The molecular weight excluding hydrogens is 237 g/mol. The molecule has 4 heteroatoms. The van der Waals surface area contributed by atoms with Crippen LogP contribution in [-0.2, 0) is 0 Å². The van der Waals surface area contributed by atoms with Crippen molar-refractivity contribution >= 4 is 28.2 Å². The zero-order chi connectivity index (χ0) is 11.7. The van der Waals surface area contributed by atoms with Gasteiger partial charge in [0, 0.05) is 16.0 Å². The van der Waals surface area contributed by atoms with Gasteiger partial charge in [0.05, 0.1) is 0 Å². The summed E-state index contributed by atoms with van der Waals surface area (Å²) < 4.78 is 37.6. The number of fused-ring (bicyclic) bond motifs is 1. The molecule has 2 aromatic carbocycles. The Hall–Kier alpha value is -1.48. The zero-order valence-electron chi connectivity index (χ0n) is 7.98. The van der Waals surface area contributed by atoms with Gasteiger partial charge in [0.1, 0.15) is 0 Å². The second-order valence-electron chi connectivity index (χ2n) is 3.21. The van der Waals surface area contributed by atoms with Crippen molar-refractivity contribution in [3.05, 3.63) is 53.1 Å². The quantitative estimate of drug-likeness (QED) is 0.658. The van der Waals surface area contributed by atoms with Gasteiger partial charge < -0.3 is 0 Å². The minimum Gasteiger partial charge on any atom is -0.200 e. The molecule has 0 atom stereocenters. The Morgan fingerprint density at radius 3 is 2.19 bits per heavy atom. The maximum atomic E-state index is 13.2. The van der Waals surface area contributed by atoms with Crippen LogP contribution in [0.5, 0.6) is 0 Å². The van der Waals surface area contributed by atoms with Crippen molar-refractivity contribution in [2.45, 2.75) is 0 Å². The molecule has 0 unspecified atom stereocenters. The first kappa shape index (κ1) is 11.0. The third kappa shape index (κ3) is 1.78. The van der Waals surface area contributed by atoms with Crippen molar-refractivity contribution < 1.29 is 13.2 Å². The molecule has 2 aromatic rings. The van der Waals surface area contributed by atoms with Gasteiger partial charge in [0.25, 0.3) is 0 Å². The predicted octanol–water partition coefficient (Wildman–Crippen LogP) is 5.03. The van der Waals surface area contributed by atoms with Gasteiger partial charge in [-0.1, -0.05) is 41.9 Å². The average Bonchev–Trinajstić information content (AvgIpc) is 2.28. The summed E-state index contributed by atoms with van der Waals surface area (Å²) in [4.78, 5) is 0. The Morgan fingerprint density at radius 2 is 1.50 bits per heavy atom. The van der Waals surface area contributed by atoms with Crippen LogP contribution in [0.25, 0.3) is 16.6 Å². The summed E-state index contributed by atoms with van der Waals surface area (Å²) >= 11 is 5.89.